The molecule has 5 rings (SSSR count). The molecule has 0 radical (unpaired) electrons. The van der Waals surface area contributed by atoms with Crippen molar-refractivity contribution >= 4 is 28.7 Å². The molecule has 192 valence electrons. The molecule has 1 aromatic carbocycles. The number of aliphatic hydroxyl groups excluding tert-OH is 1. The number of imidazole rings is 1. The fraction of sp³-hybridized carbons (Fsp3) is 0.370. The molecular weight excluding hydrogens is 492 g/mol. The van der Waals surface area contributed by atoms with Crippen LogP contribution in [-0.2, 0) is 17.8 Å². The average Bonchev–Trinajstić information content (AvgIpc) is 3.47. The molecule has 37 heavy (non-hydrogen) atoms. The topological polar surface area (TPSA) is 115 Å². The van der Waals surface area contributed by atoms with Gasteiger partial charge in [0.2, 0.25) is 11.8 Å². The number of benzene rings is 1. The predicted molar refractivity (Wildman–Crippen MR) is 141 cm³/mol. The lowest BCUT2D eigenvalue weighted by atomic mass is 10.1. The number of hydrogen-bond donors (Lipinski definition) is 2. The Kier molecular flexibility index (Phi) is 6.83. The zero-order valence-electron chi connectivity index (χ0n) is 21.0. The van der Waals surface area contributed by atoms with E-state index in [-0.39, 0.29) is 5.60 Å². The van der Waals surface area contributed by atoms with Crippen LogP contribution in [0.15, 0.2) is 42.9 Å². The number of rotatable bonds is 9. The van der Waals surface area contributed by atoms with Crippen molar-refractivity contribution < 1.29 is 14.6 Å². The van der Waals surface area contributed by atoms with Gasteiger partial charge in [0.05, 0.1) is 17.3 Å². The summed E-state index contributed by atoms with van der Waals surface area (Å²) in [6.07, 6.45) is 4.78. The summed E-state index contributed by atoms with van der Waals surface area (Å²) < 4.78 is 8.19. The van der Waals surface area contributed by atoms with Crippen molar-refractivity contribution in [2.24, 2.45) is 0 Å². The van der Waals surface area contributed by atoms with Gasteiger partial charge in [0, 0.05) is 18.3 Å². The number of hydrogen-bond acceptors (Lipinski definition) is 7. The van der Waals surface area contributed by atoms with Crippen LogP contribution in [0.5, 0.6) is 5.88 Å². The summed E-state index contributed by atoms with van der Waals surface area (Å²) in [6, 6.07) is 9.74. The van der Waals surface area contributed by atoms with E-state index < -0.39 is 12.0 Å². The predicted octanol–water partition coefficient (Wildman–Crippen LogP) is 3.87. The maximum absolute atomic E-state index is 11.6. The van der Waals surface area contributed by atoms with Gasteiger partial charge in [0.15, 0.2) is 11.2 Å². The summed E-state index contributed by atoms with van der Waals surface area (Å²) >= 11 is 6.78. The van der Waals surface area contributed by atoms with Crippen LogP contribution in [0.1, 0.15) is 43.5 Å². The number of nitrogens with one attached hydrogen (secondary N) is 1. The molecule has 0 aliphatic heterocycles. The largest absolute Gasteiger partial charge is 0.470 e. The lowest BCUT2D eigenvalue weighted by molar-refractivity contribution is -0.128. The molecule has 9 nitrogen and oxygen atoms in total. The van der Waals surface area contributed by atoms with Gasteiger partial charge in [-0.05, 0) is 75.4 Å². The first-order valence-corrected chi connectivity index (χ1v) is 12.7. The molecule has 1 atom stereocenters. The van der Waals surface area contributed by atoms with Gasteiger partial charge in [-0.25, -0.2) is 9.97 Å². The molecular formula is C27H29ClN6O3. The third-order valence-corrected chi connectivity index (χ3v) is 6.77. The van der Waals surface area contributed by atoms with Crippen molar-refractivity contribution in [2.75, 3.05) is 6.54 Å². The number of ether oxygens (including phenoxy) is 1. The molecule has 1 amide bonds. The van der Waals surface area contributed by atoms with Gasteiger partial charge in [-0.1, -0.05) is 17.7 Å². The van der Waals surface area contributed by atoms with E-state index in [4.69, 9.17) is 21.3 Å². The first-order valence-electron chi connectivity index (χ1n) is 12.3. The van der Waals surface area contributed by atoms with Crippen molar-refractivity contribution in [3.8, 4) is 17.3 Å². The molecule has 1 saturated carbocycles. The molecule has 3 aromatic heterocycles. The molecule has 1 aliphatic carbocycles. The van der Waals surface area contributed by atoms with E-state index in [1.807, 2.05) is 41.8 Å². The van der Waals surface area contributed by atoms with Crippen LogP contribution < -0.4 is 10.1 Å². The van der Waals surface area contributed by atoms with Gasteiger partial charge in [0.1, 0.15) is 23.9 Å². The lowest BCUT2D eigenvalue weighted by Gasteiger charge is -2.12. The van der Waals surface area contributed by atoms with Gasteiger partial charge in [-0.15, -0.1) is 0 Å². The summed E-state index contributed by atoms with van der Waals surface area (Å²) in [5.41, 5.74) is 4.69. The van der Waals surface area contributed by atoms with Crippen LogP contribution in [0, 0.1) is 6.92 Å². The minimum absolute atomic E-state index is 0.216. The van der Waals surface area contributed by atoms with Crippen LogP contribution in [0.25, 0.3) is 22.6 Å². The molecule has 3 heterocycles. The Balaban J connectivity index is 1.52. The normalized spacial score (nSPS) is 14.9. The molecule has 0 bridgehead atoms. The quantitative estimate of drug-likeness (QED) is 0.344. The minimum Gasteiger partial charge on any atom is -0.470 e. The first kappa shape index (κ1) is 25.1. The van der Waals surface area contributed by atoms with Crippen LogP contribution >= 0.6 is 11.6 Å². The smallest absolute Gasteiger partial charge is 0.248 e. The Morgan fingerprint density at radius 1 is 1.24 bits per heavy atom. The number of aromatic nitrogens is 5. The third-order valence-electron chi connectivity index (χ3n) is 6.45. The monoisotopic (exact) mass is 520 g/mol. The zero-order valence-corrected chi connectivity index (χ0v) is 21.8. The minimum atomic E-state index is -1.04. The number of fused-ring (bicyclic) bond motifs is 1. The van der Waals surface area contributed by atoms with E-state index in [9.17, 15) is 9.90 Å². The highest BCUT2D eigenvalue weighted by molar-refractivity contribution is 6.33. The molecule has 10 heteroatoms. The number of carbonyl (C=O) groups is 1. The van der Waals surface area contributed by atoms with Crippen LogP contribution in [0.3, 0.4) is 0 Å². The highest BCUT2D eigenvalue weighted by Crippen LogP contribution is 2.41. The SMILES string of the molecule is Cc1ccnc(Cn2c(-c3ccc(CCNC(=O)[C@@H](C)O)cc3Cl)nc3c(OC4(C)CC4)ncnc32)c1. The summed E-state index contributed by atoms with van der Waals surface area (Å²) in [7, 11) is 0. The highest BCUT2D eigenvalue weighted by Gasteiger charge is 2.41. The Morgan fingerprint density at radius 3 is 2.76 bits per heavy atom. The van der Waals surface area contributed by atoms with Crippen molar-refractivity contribution in [1.82, 2.24) is 29.8 Å². The number of pyridine rings is 1. The molecule has 1 fully saturated rings. The van der Waals surface area contributed by atoms with E-state index in [0.717, 1.165) is 35.2 Å². The summed E-state index contributed by atoms with van der Waals surface area (Å²) in [5.74, 6) is 0.702. The van der Waals surface area contributed by atoms with Gasteiger partial charge in [-0.2, -0.15) is 4.98 Å². The first-order chi connectivity index (χ1) is 17.7. The second kappa shape index (κ2) is 10.1. The highest BCUT2D eigenvalue weighted by atomic mass is 35.5. The Labute approximate surface area is 219 Å². The van der Waals surface area contributed by atoms with Gasteiger partial charge in [-0.3, -0.25) is 9.78 Å². The van der Waals surface area contributed by atoms with Crippen LogP contribution in [0.2, 0.25) is 5.02 Å². The third kappa shape index (κ3) is 5.57. The summed E-state index contributed by atoms with van der Waals surface area (Å²) in [6.45, 7) is 6.37. The van der Waals surface area contributed by atoms with Crippen LogP contribution in [-0.4, -0.2) is 53.8 Å². The average molecular weight is 521 g/mol. The standard InChI is InChI=1S/C27H29ClN6O3/c1-16-6-10-29-19(12-16)14-34-23(33-22-24(34)31-15-32-26(22)37-27(3)8-9-27)20-5-4-18(13-21(20)28)7-11-30-25(36)17(2)35/h4-6,10,12-13,15,17,35H,7-9,11,14H2,1-3H3,(H,30,36)/t17-/m1/s1. The summed E-state index contributed by atoms with van der Waals surface area (Å²) in [4.78, 5) is 30.0. The molecule has 1 aliphatic rings. The Bertz CT molecular complexity index is 1460. The maximum Gasteiger partial charge on any atom is 0.248 e. The molecule has 0 spiro atoms. The fourth-order valence-corrected chi connectivity index (χ4v) is 4.37. The zero-order chi connectivity index (χ0) is 26.2. The number of amides is 1. The molecule has 0 unspecified atom stereocenters. The molecule has 0 saturated heterocycles. The van der Waals surface area contributed by atoms with Crippen molar-refractivity contribution in [3.63, 3.8) is 0 Å². The second-order valence-electron chi connectivity index (χ2n) is 9.78. The Hall–Kier alpha value is -3.56. The number of nitrogens with zero attached hydrogens (tertiary/aromatic N) is 5. The molecule has 2 N–H and O–H groups in total. The maximum atomic E-state index is 11.6. The van der Waals surface area contributed by atoms with Crippen molar-refractivity contribution in [2.45, 2.75) is 58.3 Å². The van der Waals surface area contributed by atoms with Gasteiger partial charge in [0.25, 0.3) is 0 Å². The second-order valence-corrected chi connectivity index (χ2v) is 10.2. The van der Waals surface area contributed by atoms with E-state index >= 15 is 0 Å². The van der Waals surface area contributed by atoms with Gasteiger partial charge < -0.3 is 19.7 Å². The lowest BCUT2D eigenvalue weighted by Crippen LogP contribution is -2.33. The Morgan fingerprint density at radius 2 is 2.05 bits per heavy atom. The van der Waals surface area contributed by atoms with Gasteiger partial charge >= 0.3 is 0 Å². The van der Waals surface area contributed by atoms with E-state index in [0.29, 0.717) is 47.4 Å². The number of aryl methyl sites for hydroxylation is 1. The molecule has 4 aromatic rings. The summed E-state index contributed by atoms with van der Waals surface area (Å²) in [5, 5.41) is 12.6. The van der Waals surface area contributed by atoms with E-state index in [1.54, 1.807) is 6.20 Å². The van der Waals surface area contributed by atoms with Crippen molar-refractivity contribution in [1.29, 1.82) is 0 Å². The van der Waals surface area contributed by atoms with Crippen molar-refractivity contribution in [3.05, 3.63) is 64.7 Å². The van der Waals surface area contributed by atoms with E-state index in [1.165, 1.54) is 13.3 Å². The number of halogens is 1. The number of carbonyl (C=O) groups excluding carboxylic acids is 1. The van der Waals surface area contributed by atoms with Crippen LogP contribution in [0.4, 0.5) is 0 Å². The number of aliphatic hydroxyl groups is 1. The fourth-order valence-electron chi connectivity index (χ4n) is 4.08. The van der Waals surface area contributed by atoms with E-state index in [2.05, 4.69) is 27.2 Å².